The molecule has 1 heterocycles. The maximum Gasteiger partial charge on any atom is 0.262 e. The normalized spacial score (nSPS) is 15.7. The predicted octanol–water partition coefficient (Wildman–Crippen LogP) is 2.98. The number of para-hydroxylation sites is 1. The Morgan fingerprint density at radius 2 is 2.04 bits per heavy atom. The summed E-state index contributed by atoms with van der Waals surface area (Å²) in [4.78, 5) is 29.5. The molecule has 1 unspecified atom stereocenters. The highest BCUT2D eigenvalue weighted by atomic mass is 32.2. The number of rotatable bonds is 6. The van der Waals surface area contributed by atoms with Crippen molar-refractivity contribution in [1.29, 1.82) is 0 Å². The molecule has 1 aromatic carbocycles. The van der Waals surface area contributed by atoms with Gasteiger partial charge in [-0.1, -0.05) is 37.7 Å². The van der Waals surface area contributed by atoms with Crippen LogP contribution < -0.4 is 10.9 Å². The van der Waals surface area contributed by atoms with E-state index in [0.717, 1.165) is 12.8 Å². The third kappa shape index (κ3) is 3.64. The average molecular weight is 345 g/mol. The zero-order valence-electron chi connectivity index (χ0n) is 14.3. The van der Waals surface area contributed by atoms with Gasteiger partial charge in [-0.2, -0.15) is 0 Å². The van der Waals surface area contributed by atoms with Crippen LogP contribution in [0.3, 0.4) is 0 Å². The summed E-state index contributed by atoms with van der Waals surface area (Å²) in [6.45, 7) is 6.16. The van der Waals surface area contributed by atoms with E-state index in [0.29, 0.717) is 22.0 Å². The van der Waals surface area contributed by atoms with Crippen LogP contribution in [0, 0.1) is 5.92 Å². The SMILES string of the molecule is CC(C)C(C)NC(=O)CSc1nc2ccccc2c(=O)n1C1CC1. The summed E-state index contributed by atoms with van der Waals surface area (Å²) in [7, 11) is 0. The molecule has 1 aliphatic rings. The fraction of sp³-hybridized carbons (Fsp3) is 0.500. The lowest BCUT2D eigenvalue weighted by Crippen LogP contribution is -2.37. The number of fused-ring (bicyclic) bond motifs is 1. The standard InChI is InChI=1S/C18H23N3O2S/c1-11(2)12(3)19-16(22)10-24-18-20-15-7-5-4-6-14(15)17(23)21(18)13-8-9-13/h4-7,11-13H,8-10H2,1-3H3,(H,19,22). The van der Waals surface area contributed by atoms with E-state index in [-0.39, 0.29) is 29.3 Å². The highest BCUT2D eigenvalue weighted by Crippen LogP contribution is 2.36. The van der Waals surface area contributed by atoms with Gasteiger partial charge >= 0.3 is 0 Å². The van der Waals surface area contributed by atoms with Crippen LogP contribution in [0.15, 0.2) is 34.2 Å². The van der Waals surface area contributed by atoms with E-state index in [1.54, 1.807) is 4.57 Å². The molecule has 0 spiro atoms. The zero-order chi connectivity index (χ0) is 17.3. The van der Waals surface area contributed by atoms with Crippen molar-refractivity contribution in [1.82, 2.24) is 14.9 Å². The number of benzene rings is 1. The number of hydrogen-bond acceptors (Lipinski definition) is 4. The Balaban J connectivity index is 1.82. The third-order valence-corrected chi connectivity index (χ3v) is 5.36. The third-order valence-electron chi connectivity index (χ3n) is 4.41. The highest BCUT2D eigenvalue weighted by molar-refractivity contribution is 7.99. The van der Waals surface area contributed by atoms with Crippen LogP contribution in [0.4, 0.5) is 0 Å². The van der Waals surface area contributed by atoms with E-state index in [2.05, 4.69) is 24.1 Å². The van der Waals surface area contributed by atoms with Gasteiger partial charge in [0.1, 0.15) is 0 Å². The Bertz CT molecular complexity index is 812. The van der Waals surface area contributed by atoms with E-state index in [1.165, 1.54) is 11.8 Å². The van der Waals surface area contributed by atoms with Gasteiger partial charge in [-0.3, -0.25) is 14.2 Å². The van der Waals surface area contributed by atoms with Gasteiger partial charge in [0.25, 0.3) is 5.56 Å². The van der Waals surface area contributed by atoms with Crippen molar-refractivity contribution in [3.05, 3.63) is 34.6 Å². The Hall–Kier alpha value is -1.82. The topological polar surface area (TPSA) is 64.0 Å². The smallest absolute Gasteiger partial charge is 0.262 e. The lowest BCUT2D eigenvalue weighted by molar-refractivity contribution is -0.119. The Morgan fingerprint density at radius 3 is 2.71 bits per heavy atom. The Morgan fingerprint density at radius 1 is 1.33 bits per heavy atom. The maximum atomic E-state index is 12.8. The number of carbonyl (C=O) groups is 1. The van der Waals surface area contributed by atoms with Crippen molar-refractivity contribution >= 4 is 28.6 Å². The van der Waals surface area contributed by atoms with E-state index in [9.17, 15) is 9.59 Å². The Labute approximate surface area is 145 Å². The first-order chi connectivity index (χ1) is 11.5. The van der Waals surface area contributed by atoms with Crippen molar-refractivity contribution in [2.75, 3.05) is 5.75 Å². The van der Waals surface area contributed by atoms with E-state index in [4.69, 9.17) is 0 Å². The van der Waals surface area contributed by atoms with Gasteiger partial charge in [-0.15, -0.1) is 0 Å². The summed E-state index contributed by atoms with van der Waals surface area (Å²) in [5.41, 5.74) is 0.694. The van der Waals surface area contributed by atoms with E-state index < -0.39 is 0 Å². The summed E-state index contributed by atoms with van der Waals surface area (Å²) < 4.78 is 1.77. The molecule has 1 aliphatic carbocycles. The minimum Gasteiger partial charge on any atom is -0.353 e. The summed E-state index contributed by atoms with van der Waals surface area (Å²) in [6, 6.07) is 7.76. The first-order valence-electron chi connectivity index (χ1n) is 8.41. The molecule has 1 N–H and O–H groups in total. The first-order valence-corrected chi connectivity index (χ1v) is 9.39. The summed E-state index contributed by atoms with van der Waals surface area (Å²) in [5.74, 6) is 0.641. The number of nitrogens with zero attached hydrogens (tertiary/aromatic N) is 2. The van der Waals surface area contributed by atoms with Crippen LogP contribution in [-0.2, 0) is 4.79 Å². The zero-order valence-corrected chi connectivity index (χ0v) is 15.1. The van der Waals surface area contributed by atoms with Crippen molar-refractivity contribution in [3.8, 4) is 0 Å². The maximum absolute atomic E-state index is 12.8. The molecule has 3 rings (SSSR count). The molecule has 0 saturated heterocycles. The van der Waals surface area contributed by atoms with Gasteiger partial charge in [-0.05, 0) is 37.8 Å². The lowest BCUT2D eigenvalue weighted by atomic mass is 10.1. The number of aromatic nitrogens is 2. The van der Waals surface area contributed by atoms with Crippen molar-refractivity contribution in [2.45, 2.75) is 50.9 Å². The molecular formula is C18H23N3O2S. The van der Waals surface area contributed by atoms with Crippen LogP contribution in [0.2, 0.25) is 0 Å². The number of amides is 1. The molecule has 2 aromatic rings. The van der Waals surface area contributed by atoms with Crippen LogP contribution in [-0.4, -0.2) is 27.3 Å². The fourth-order valence-corrected chi connectivity index (χ4v) is 3.35. The molecule has 6 heteroatoms. The monoisotopic (exact) mass is 345 g/mol. The minimum absolute atomic E-state index is 0.00144. The van der Waals surface area contributed by atoms with E-state index in [1.807, 2.05) is 31.2 Å². The van der Waals surface area contributed by atoms with Gasteiger partial charge < -0.3 is 5.32 Å². The molecule has 24 heavy (non-hydrogen) atoms. The van der Waals surface area contributed by atoms with Gasteiger partial charge in [0.2, 0.25) is 5.91 Å². The molecule has 0 aliphatic heterocycles. The molecule has 128 valence electrons. The minimum atomic E-state index is -0.0223. The molecular weight excluding hydrogens is 322 g/mol. The molecule has 1 aromatic heterocycles. The van der Waals surface area contributed by atoms with Crippen molar-refractivity contribution in [2.24, 2.45) is 5.92 Å². The van der Waals surface area contributed by atoms with Crippen molar-refractivity contribution < 1.29 is 4.79 Å². The second-order valence-corrected chi connectivity index (χ2v) is 7.65. The fourth-order valence-electron chi connectivity index (χ4n) is 2.47. The van der Waals surface area contributed by atoms with Gasteiger partial charge in [0.15, 0.2) is 5.16 Å². The average Bonchev–Trinajstić information content (AvgIpc) is 3.37. The van der Waals surface area contributed by atoms with Crippen LogP contribution in [0.25, 0.3) is 10.9 Å². The number of hydrogen-bond donors (Lipinski definition) is 1. The van der Waals surface area contributed by atoms with Gasteiger partial charge in [0, 0.05) is 12.1 Å². The summed E-state index contributed by atoms with van der Waals surface area (Å²) >= 11 is 1.35. The van der Waals surface area contributed by atoms with Crippen LogP contribution in [0.1, 0.15) is 39.7 Å². The molecule has 1 fully saturated rings. The van der Waals surface area contributed by atoms with Gasteiger partial charge in [0.05, 0.1) is 16.7 Å². The van der Waals surface area contributed by atoms with Crippen molar-refractivity contribution in [3.63, 3.8) is 0 Å². The Kier molecular flexibility index (Phi) is 4.94. The molecule has 1 amide bonds. The molecule has 1 saturated carbocycles. The molecule has 0 bridgehead atoms. The summed E-state index contributed by atoms with van der Waals surface area (Å²) in [6.07, 6.45) is 2.01. The molecule has 0 radical (unpaired) electrons. The number of carbonyl (C=O) groups excluding carboxylic acids is 1. The largest absolute Gasteiger partial charge is 0.353 e. The predicted molar refractivity (Wildman–Crippen MR) is 97.4 cm³/mol. The molecule has 1 atom stereocenters. The van der Waals surface area contributed by atoms with Crippen LogP contribution >= 0.6 is 11.8 Å². The number of thioether (sulfide) groups is 1. The second-order valence-electron chi connectivity index (χ2n) is 6.71. The molecule has 5 nitrogen and oxygen atoms in total. The quantitative estimate of drug-likeness (QED) is 0.646. The number of nitrogens with one attached hydrogen (secondary N) is 1. The van der Waals surface area contributed by atoms with Crippen LogP contribution in [0.5, 0.6) is 0 Å². The first kappa shape index (κ1) is 17.0. The lowest BCUT2D eigenvalue weighted by Gasteiger charge is -2.17. The van der Waals surface area contributed by atoms with E-state index >= 15 is 0 Å². The highest BCUT2D eigenvalue weighted by Gasteiger charge is 2.28. The second kappa shape index (κ2) is 6.97. The summed E-state index contributed by atoms with van der Waals surface area (Å²) in [5, 5.41) is 4.28. The van der Waals surface area contributed by atoms with Gasteiger partial charge in [-0.25, -0.2) is 4.98 Å².